The lowest BCUT2D eigenvalue weighted by atomic mass is 10.2. The maximum Gasteiger partial charge on any atom is 0.273 e. The van der Waals surface area contributed by atoms with Gasteiger partial charge in [0, 0.05) is 36.8 Å². The highest BCUT2D eigenvalue weighted by Gasteiger charge is 2.29. The van der Waals surface area contributed by atoms with Crippen molar-refractivity contribution in [3.8, 4) is 16.3 Å². The van der Waals surface area contributed by atoms with Crippen molar-refractivity contribution in [3.63, 3.8) is 0 Å². The van der Waals surface area contributed by atoms with Gasteiger partial charge in [-0.1, -0.05) is 0 Å². The largest absolute Gasteiger partial charge is 0.490 e. The zero-order chi connectivity index (χ0) is 19.3. The van der Waals surface area contributed by atoms with Gasteiger partial charge in [0.2, 0.25) is 0 Å². The SMILES string of the molecule is O=C(c1csc(-c2ccc(F)cc2)n1)N1CCNCC1COc1cccnc1. The topological polar surface area (TPSA) is 67.4 Å². The molecule has 1 atom stereocenters. The Bertz CT molecular complexity index is 933. The predicted molar refractivity (Wildman–Crippen MR) is 105 cm³/mol. The van der Waals surface area contributed by atoms with Gasteiger partial charge >= 0.3 is 0 Å². The van der Waals surface area contributed by atoms with Gasteiger partial charge < -0.3 is 15.0 Å². The molecule has 1 N–H and O–H groups in total. The summed E-state index contributed by atoms with van der Waals surface area (Å²) in [7, 11) is 0. The van der Waals surface area contributed by atoms with E-state index >= 15 is 0 Å². The van der Waals surface area contributed by atoms with Crippen LogP contribution in [0.5, 0.6) is 5.75 Å². The van der Waals surface area contributed by atoms with E-state index < -0.39 is 0 Å². The molecule has 1 amide bonds. The molecule has 8 heteroatoms. The number of piperazine rings is 1. The van der Waals surface area contributed by atoms with E-state index in [9.17, 15) is 9.18 Å². The van der Waals surface area contributed by atoms with Gasteiger partial charge in [-0.25, -0.2) is 9.37 Å². The molecular weight excluding hydrogens is 379 g/mol. The second-order valence-electron chi connectivity index (χ2n) is 6.40. The summed E-state index contributed by atoms with van der Waals surface area (Å²) >= 11 is 1.38. The molecule has 0 bridgehead atoms. The average Bonchev–Trinajstić information content (AvgIpc) is 3.23. The van der Waals surface area contributed by atoms with Crippen LogP contribution in [-0.2, 0) is 0 Å². The van der Waals surface area contributed by atoms with Crippen molar-refractivity contribution in [1.29, 1.82) is 0 Å². The molecule has 3 aromatic rings. The number of carbonyl (C=O) groups is 1. The Labute approximate surface area is 166 Å². The van der Waals surface area contributed by atoms with Crippen LogP contribution in [0.4, 0.5) is 4.39 Å². The molecule has 1 fully saturated rings. The van der Waals surface area contributed by atoms with E-state index in [4.69, 9.17) is 4.74 Å². The molecule has 2 aromatic heterocycles. The van der Waals surface area contributed by atoms with E-state index in [1.807, 2.05) is 12.1 Å². The number of amides is 1. The van der Waals surface area contributed by atoms with Crippen molar-refractivity contribution >= 4 is 17.2 Å². The molecule has 144 valence electrons. The number of thiazole rings is 1. The minimum Gasteiger partial charge on any atom is -0.490 e. The number of rotatable bonds is 5. The maximum absolute atomic E-state index is 13.1. The highest BCUT2D eigenvalue weighted by Crippen LogP contribution is 2.25. The van der Waals surface area contributed by atoms with Gasteiger partial charge in [-0.15, -0.1) is 11.3 Å². The summed E-state index contributed by atoms with van der Waals surface area (Å²) in [6.45, 7) is 2.34. The molecule has 4 rings (SSSR count). The molecule has 3 heterocycles. The van der Waals surface area contributed by atoms with Crippen molar-refractivity contribution in [2.75, 3.05) is 26.2 Å². The monoisotopic (exact) mass is 398 g/mol. The smallest absolute Gasteiger partial charge is 0.273 e. The minimum atomic E-state index is -0.297. The summed E-state index contributed by atoms with van der Waals surface area (Å²) in [6, 6.07) is 9.66. The zero-order valence-corrected chi connectivity index (χ0v) is 15.9. The molecule has 0 radical (unpaired) electrons. The third kappa shape index (κ3) is 4.18. The molecule has 0 saturated carbocycles. The van der Waals surface area contributed by atoms with Gasteiger partial charge in [0.25, 0.3) is 5.91 Å². The summed E-state index contributed by atoms with van der Waals surface area (Å²) in [5, 5.41) is 5.75. The Morgan fingerprint density at radius 2 is 2.18 bits per heavy atom. The average molecular weight is 398 g/mol. The van der Waals surface area contributed by atoms with E-state index in [0.717, 1.165) is 12.1 Å². The van der Waals surface area contributed by atoms with Gasteiger partial charge in [-0.05, 0) is 36.4 Å². The zero-order valence-electron chi connectivity index (χ0n) is 15.0. The first-order valence-electron chi connectivity index (χ1n) is 8.97. The van der Waals surface area contributed by atoms with E-state index in [-0.39, 0.29) is 17.8 Å². The second kappa shape index (κ2) is 8.45. The first-order chi connectivity index (χ1) is 13.7. The Morgan fingerprint density at radius 3 is 2.96 bits per heavy atom. The number of hydrogen-bond acceptors (Lipinski definition) is 6. The molecule has 0 aliphatic carbocycles. The van der Waals surface area contributed by atoms with Crippen LogP contribution in [0.3, 0.4) is 0 Å². The van der Waals surface area contributed by atoms with E-state index in [1.165, 1.54) is 23.5 Å². The molecule has 1 aliphatic heterocycles. The number of nitrogens with zero attached hydrogens (tertiary/aromatic N) is 3. The number of benzene rings is 1. The van der Waals surface area contributed by atoms with Crippen LogP contribution in [0, 0.1) is 5.82 Å². The number of nitrogens with one attached hydrogen (secondary N) is 1. The van der Waals surface area contributed by atoms with Crippen molar-refractivity contribution in [1.82, 2.24) is 20.2 Å². The van der Waals surface area contributed by atoms with Crippen LogP contribution >= 0.6 is 11.3 Å². The normalized spacial score (nSPS) is 16.8. The van der Waals surface area contributed by atoms with Crippen molar-refractivity contribution in [3.05, 3.63) is 65.7 Å². The van der Waals surface area contributed by atoms with Crippen LogP contribution in [0.15, 0.2) is 54.2 Å². The van der Waals surface area contributed by atoms with Crippen molar-refractivity contribution in [2.45, 2.75) is 6.04 Å². The molecule has 1 unspecified atom stereocenters. The van der Waals surface area contributed by atoms with Gasteiger partial charge in [0.1, 0.15) is 28.9 Å². The second-order valence-corrected chi connectivity index (χ2v) is 7.26. The number of hydrogen-bond donors (Lipinski definition) is 1. The summed E-state index contributed by atoms with van der Waals surface area (Å²) in [6.07, 6.45) is 3.34. The predicted octanol–water partition coefficient (Wildman–Crippen LogP) is 2.84. The number of aromatic nitrogens is 2. The fourth-order valence-electron chi connectivity index (χ4n) is 3.05. The summed E-state index contributed by atoms with van der Waals surface area (Å²) in [5.41, 5.74) is 1.19. The van der Waals surface area contributed by atoms with Gasteiger partial charge in [0.15, 0.2) is 0 Å². The summed E-state index contributed by atoms with van der Waals surface area (Å²) in [4.78, 5) is 23.3. The van der Waals surface area contributed by atoms with E-state index in [0.29, 0.717) is 36.1 Å². The van der Waals surface area contributed by atoms with E-state index in [2.05, 4.69) is 15.3 Å². The lowest BCUT2D eigenvalue weighted by molar-refractivity contribution is 0.0554. The number of pyridine rings is 1. The summed E-state index contributed by atoms with van der Waals surface area (Å²) in [5.74, 6) is 0.257. The van der Waals surface area contributed by atoms with Crippen LogP contribution in [0.1, 0.15) is 10.5 Å². The first kappa shape index (κ1) is 18.5. The Morgan fingerprint density at radius 1 is 1.32 bits per heavy atom. The van der Waals surface area contributed by atoms with Gasteiger partial charge in [-0.2, -0.15) is 0 Å². The number of carbonyl (C=O) groups excluding carboxylic acids is 1. The molecule has 0 spiro atoms. The molecular formula is C20H19FN4O2S. The van der Waals surface area contributed by atoms with Crippen molar-refractivity contribution < 1.29 is 13.9 Å². The Balaban J connectivity index is 1.46. The van der Waals surface area contributed by atoms with Gasteiger partial charge in [0.05, 0.1) is 12.2 Å². The van der Waals surface area contributed by atoms with Crippen LogP contribution < -0.4 is 10.1 Å². The van der Waals surface area contributed by atoms with Crippen LogP contribution in [0.2, 0.25) is 0 Å². The minimum absolute atomic E-state index is 0.0996. The maximum atomic E-state index is 13.1. The van der Waals surface area contributed by atoms with Crippen LogP contribution in [-0.4, -0.2) is 53.1 Å². The van der Waals surface area contributed by atoms with Crippen molar-refractivity contribution in [2.24, 2.45) is 0 Å². The summed E-state index contributed by atoms with van der Waals surface area (Å²) < 4.78 is 18.9. The molecule has 1 aliphatic rings. The lowest BCUT2D eigenvalue weighted by Gasteiger charge is -2.35. The molecule has 28 heavy (non-hydrogen) atoms. The van der Waals surface area contributed by atoms with Gasteiger partial charge in [-0.3, -0.25) is 9.78 Å². The lowest BCUT2D eigenvalue weighted by Crippen LogP contribution is -2.56. The first-order valence-corrected chi connectivity index (χ1v) is 9.84. The fourth-order valence-corrected chi connectivity index (χ4v) is 3.85. The molecule has 1 saturated heterocycles. The molecule has 1 aromatic carbocycles. The highest BCUT2D eigenvalue weighted by atomic mass is 32.1. The number of ether oxygens (including phenoxy) is 1. The third-order valence-corrected chi connectivity index (χ3v) is 5.39. The fraction of sp³-hybridized carbons (Fsp3) is 0.250. The van der Waals surface area contributed by atoms with Crippen LogP contribution in [0.25, 0.3) is 10.6 Å². The quantitative estimate of drug-likeness (QED) is 0.716. The Hall–Kier alpha value is -2.84. The standard InChI is InChI=1S/C20H19FN4O2S/c21-15-5-3-14(4-6-15)19-24-18(13-28-19)20(26)25-9-8-23-10-16(25)12-27-17-2-1-7-22-11-17/h1-7,11,13,16,23H,8-10,12H2. The highest BCUT2D eigenvalue weighted by molar-refractivity contribution is 7.13. The number of halogens is 1. The Kier molecular flexibility index (Phi) is 5.59. The molecule has 6 nitrogen and oxygen atoms in total. The third-order valence-electron chi connectivity index (χ3n) is 4.50. The van der Waals surface area contributed by atoms with E-state index in [1.54, 1.807) is 34.8 Å².